The summed E-state index contributed by atoms with van der Waals surface area (Å²) in [5.41, 5.74) is -1.55. The summed E-state index contributed by atoms with van der Waals surface area (Å²) in [7, 11) is 0.733. The summed E-state index contributed by atoms with van der Waals surface area (Å²) < 4.78 is 22.7. The van der Waals surface area contributed by atoms with E-state index >= 15 is 0 Å². The number of amides is 1. The summed E-state index contributed by atoms with van der Waals surface area (Å²) in [6, 6.07) is 0. The third kappa shape index (κ3) is 4.96. The molecule has 0 bridgehead atoms. The molecule has 1 unspecified atom stereocenters. The van der Waals surface area contributed by atoms with E-state index in [2.05, 4.69) is 0 Å². The first-order valence-corrected chi connectivity index (χ1v) is 9.69. The fourth-order valence-electron chi connectivity index (χ4n) is 3.46. The van der Waals surface area contributed by atoms with E-state index in [1.165, 1.54) is 7.11 Å². The van der Waals surface area contributed by atoms with Crippen molar-refractivity contribution < 1.29 is 28.4 Å². The lowest BCUT2D eigenvalue weighted by atomic mass is 9.62. The molecule has 2 heterocycles. The van der Waals surface area contributed by atoms with Crippen LogP contribution in [0.25, 0.3) is 0 Å². The Hall–Kier alpha value is -1.28. The maximum atomic E-state index is 12.5. The van der Waals surface area contributed by atoms with E-state index in [0.29, 0.717) is 25.9 Å². The Morgan fingerprint density at radius 3 is 1.96 bits per heavy atom. The number of ether oxygens (including phenoxy) is 2. The quantitative estimate of drug-likeness (QED) is 0.550. The van der Waals surface area contributed by atoms with Crippen molar-refractivity contribution in [2.45, 2.75) is 83.9 Å². The predicted molar refractivity (Wildman–Crippen MR) is 102 cm³/mol. The third-order valence-corrected chi connectivity index (χ3v) is 5.74. The first-order valence-electron chi connectivity index (χ1n) is 9.69. The highest BCUT2D eigenvalue weighted by molar-refractivity contribution is 6.52. The van der Waals surface area contributed by atoms with Gasteiger partial charge in [-0.15, -0.1) is 0 Å². The van der Waals surface area contributed by atoms with Crippen LogP contribution in [0.1, 0.15) is 61.3 Å². The minimum Gasteiger partial charge on any atom is -0.469 e. The minimum absolute atomic E-state index is 0.0193. The maximum absolute atomic E-state index is 12.5. The number of methoxy groups -OCH3 is 1. The van der Waals surface area contributed by atoms with E-state index < -0.39 is 29.7 Å². The third-order valence-electron chi connectivity index (χ3n) is 5.74. The van der Waals surface area contributed by atoms with Crippen LogP contribution in [0.4, 0.5) is 4.79 Å². The molecule has 0 saturated carbocycles. The average Bonchev–Trinajstić information content (AvgIpc) is 2.74. The van der Waals surface area contributed by atoms with Crippen molar-refractivity contribution in [3.8, 4) is 0 Å². The first kappa shape index (κ1) is 22.0. The van der Waals surface area contributed by atoms with Gasteiger partial charge in [0.1, 0.15) is 5.60 Å². The first-order chi connectivity index (χ1) is 12.3. The molecule has 0 aromatic heterocycles. The zero-order valence-corrected chi connectivity index (χ0v) is 18.0. The van der Waals surface area contributed by atoms with Gasteiger partial charge in [0.15, 0.2) is 0 Å². The van der Waals surface area contributed by atoms with Gasteiger partial charge in [-0.3, -0.25) is 4.79 Å². The summed E-state index contributed by atoms with van der Waals surface area (Å²) in [4.78, 5) is 26.5. The molecule has 2 fully saturated rings. The molecule has 0 N–H and O–H groups in total. The lowest BCUT2D eigenvalue weighted by Gasteiger charge is -2.36. The van der Waals surface area contributed by atoms with Crippen LogP contribution in [-0.4, -0.2) is 61.1 Å². The number of carbonyl (C=O) groups excluding carboxylic acids is 2. The highest BCUT2D eigenvalue weighted by Crippen LogP contribution is 2.44. The second-order valence-electron chi connectivity index (χ2n) is 9.48. The Labute approximate surface area is 163 Å². The van der Waals surface area contributed by atoms with Crippen LogP contribution < -0.4 is 0 Å². The fourth-order valence-corrected chi connectivity index (χ4v) is 3.46. The standard InChI is InChI=1S/C19H34BNO6/c1-17(2,3)25-16(23)21-11-9-13(10-12-21)14(15(22)24-8)20-26-18(4,5)19(6,7)27-20/h13-14H,9-12H2,1-8H3. The summed E-state index contributed by atoms with van der Waals surface area (Å²) in [6.45, 7) is 14.5. The number of carbonyl (C=O) groups is 2. The lowest BCUT2D eigenvalue weighted by molar-refractivity contribution is -0.142. The summed E-state index contributed by atoms with van der Waals surface area (Å²) in [5.74, 6) is -0.827. The van der Waals surface area contributed by atoms with Gasteiger partial charge < -0.3 is 23.7 Å². The van der Waals surface area contributed by atoms with Crippen molar-refractivity contribution >= 4 is 19.2 Å². The molecule has 2 aliphatic rings. The van der Waals surface area contributed by atoms with Crippen LogP contribution in [-0.2, 0) is 23.6 Å². The Morgan fingerprint density at radius 1 is 1.07 bits per heavy atom. The predicted octanol–water partition coefficient (Wildman–Crippen LogP) is 3.27. The molecule has 0 radical (unpaired) electrons. The van der Waals surface area contributed by atoms with Crippen molar-refractivity contribution in [2.24, 2.45) is 5.92 Å². The highest BCUT2D eigenvalue weighted by Gasteiger charge is 2.57. The zero-order chi connectivity index (χ0) is 20.6. The topological polar surface area (TPSA) is 74.3 Å². The van der Waals surface area contributed by atoms with Crippen LogP contribution >= 0.6 is 0 Å². The summed E-state index contributed by atoms with van der Waals surface area (Å²) in [6.07, 6.45) is 1.03. The van der Waals surface area contributed by atoms with Crippen molar-refractivity contribution in [2.75, 3.05) is 20.2 Å². The molecule has 0 aliphatic carbocycles. The van der Waals surface area contributed by atoms with Crippen molar-refractivity contribution in [1.82, 2.24) is 4.90 Å². The zero-order valence-electron chi connectivity index (χ0n) is 18.0. The SMILES string of the molecule is COC(=O)C(B1OC(C)(C)C(C)(C)O1)C1CCN(C(=O)OC(C)(C)C)CC1. The number of esters is 1. The van der Waals surface area contributed by atoms with E-state index in [0.717, 1.165) is 0 Å². The van der Waals surface area contributed by atoms with Crippen molar-refractivity contribution in [3.05, 3.63) is 0 Å². The van der Waals surface area contributed by atoms with Crippen LogP contribution in [0.3, 0.4) is 0 Å². The Morgan fingerprint density at radius 2 is 1.56 bits per heavy atom. The second kappa shape index (κ2) is 7.62. The number of likely N-dealkylation sites (tertiary alicyclic amines) is 1. The van der Waals surface area contributed by atoms with E-state index in [1.54, 1.807) is 4.90 Å². The molecule has 0 aromatic rings. The van der Waals surface area contributed by atoms with Crippen molar-refractivity contribution in [1.29, 1.82) is 0 Å². The van der Waals surface area contributed by atoms with Gasteiger partial charge in [0.05, 0.1) is 24.1 Å². The Kier molecular flexibility index (Phi) is 6.22. The van der Waals surface area contributed by atoms with Crippen LogP contribution in [0.15, 0.2) is 0 Å². The van der Waals surface area contributed by atoms with Crippen LogP contribution in [0.5, 0.6) is 0 Å². The molecule has 0 aromatic carbocycles. The van der Waals surface area contributed by atoms with Crippen LogP contribution in [0, 0.1) is 5.92 Å². The van der Waals surface area contributed by atoms with E-state index in [9.17, 15) is 9.59 Å². The van der Waals surface area contributed by atoms with Gasteiger partial charge in [-0.05, 0) is 67.2 Å². The molecule has 7 nitrogen and oxygen atoms in total. The van der Waals surface area contributed by atoms with E-state index in [1.807, 2.05) is 48.5 Å². The van der Waals surface area contributed by atoms with Gasteiger partial charge in [-0.2, -0.15) is 0 Å². The van der Waals surface area contributed by atoms with Gasteiger partial charge in [0, 0.05) is 13.1 Å². The van der Waals surface area contributed by atoms with Gasteiger partial charge in [-0.25, -0.2) is 4.79 Å². The minimum atomic E-state index is -0.652. The molecule has 0 spiro atoms. The molecular weight excluding hydrogens is 349 g/mol. The molecule has 8 heteroatoms. The molecule has 2 saturated heterocycles. The average molecular weight is 383 g/mol. The van der Waals surface area contributed by atoms with Gasteiger partial charge in [0.2, 0.25) is 0 Å². The lowest BCUT2D eigenvalue weighted by Crippen LogP contribution is -2.45. The molecule has 27 heavy (non-hydrogen) atoms. The van der Waals surface area contributed by atoms with Crippen molar-refractivity contribution in [3.63, 3.8) is 0 Å². The fraction of sp³-hybridized carbons (Fsp3) is 0.895. The van der Waals surface area contributed by atoms with Gasteiger partial charge >= 0.3 is 19.2 Å². The highest BCUT2D eigenvalue weighted by atomic mass is 16.7. The second-order valence-corrected chi connectivity index (χ2v) is 9.48. The molecular formula is C19H34BNO6. The number of piperidine rings is 1. The van der Waals surface area contributed by atoms with Crippen LogP contribution in [0.2, 0.25) is 5.82 Å². The Balaban J connectivity index is 2.06. The summed E-state index contributed by atoms with van der Waals surface area (Å²) >= 11 is 0. The van der Waals surface area contributed by atoms with Gasteiger partial charge in [-0.1, -0.05) is 0 Å². The molecule has 1 amide bonds. The number of hydrogen-bond acceptors (Lipinski definition) is 6. The Bertz CT molecular complexity index is 547. The molecule has 1 atom stereocenters. The summed E-state index contributed by atoms with van der Waals surface area (Å²) in [5, 5.41) is 0. The number of nitrogens with zero attached hydrogens (tertiary/aromatic N) is 1. The number of hydrogen-bond donors (Lipinski definition) is 0. The maximum Gasteiger partial charge on any atom is 0.473 e. The molecule has 154 valence electrons. The molecule has 2 rings (SSSR count). The smallest absolute Gasteiger partial charge is 0.469 e. The van der Waals surface area contributed by atoms with E-state index in [4.69, 9.17) is 18.8 Å². The molecule has 2 aliphatic heterocycles. The normalized spacial score (nSPS) is 23.9. The van der Waals surface area contributed by atoms with E-state index in [-0.39, 0.29) is 18.0 Å². The largest absolute Gasteiger partial charge is 0.473 e. The van der Waals surface area contributed by atoms with Gasteiger partial charge in [0.25, 0.3) is 0 Å². The number of rotatable bonds is 3. The monoisotopic (exact) mass is 383 g/mol.